The molecule has 114 valence electrons. The lowest BCUT2D eigenvalue weighted by Crippen LogP contribution is -2.35. The Morgan fingerprint density at radius 2 is 2.00 bits per heavy atom. The van der Waals surface area contributed by atoms with E-state index in [1.807, 2.05) is 0 Å². The summed E-state index contributed by atoms with van der Waals surface area (Å²) in [5.41, 5.74) is 0.408. The minimum Gasteiger partial charge on any atom is -0.309 e. The third kappa shape index (κ3) is 2.53. The Balaban J connectivity index is 1.79. The van der Waals surface area contributed by atoms with E-state index in [2.05, 4.69) is 9.97 Å². The van der Waals surface area contributed by atoms with Crippen molar-refractivity contribution in [2.75, 3.05) is 30.3 Å². The average molecular weight is 310 g/mol. The largest absolute Gasteiger partial charge is 0.309 e. The summed E-state index contributed by atoms with van der Waals surface area (Å²) in [6.45, 7) is 3.12. The first-order chi connectivity index (χ1) is 9.96. The van der Waals surface area contributed by atoms with Gasteiger partial charge in [0.1, 0.15) is 6.33 Å². The summed E-state index contributed by atoms with van der Waals surface area (Å²) in [7, 11) is -3.18. The van der Waals surface area contributed by atoms with Crippen LogP contribution in [0.2, 0.25) is 0 Å². The van der Waals surface area contributed by atoms with E-state index in [9.17, 15) is 13.2 Å². The second kappa shape index (κ2) is 5.03. The summed E-state index contributed by atoms with van der Waals surface area (Å²) in [5, 5.41) is 0. The third-order valence-electron chi connectivity index (χ3n) is 4.34. The molecule has 3 heterocycles. The molecule has 1 spiro atoms. The predicted octanol–water partition coefficient (Wildman–Crippen LogP) is 0.255. The number of sulfonamides is 1. The van der Waals surface area contributed by atoms with Gasteiger partial charge >= 0.3 is 0 Å². The highest BCUT2D eigenvalue weighted by molar-refractivity contribution is 7.89. The van der Waals surface area contributed by atoms with Crippen LogP contribution in [0.3, 0.4) is 0 Å². The zero-order chi connectivity index (χ0) is 15.1. The van der Waals surface area contributed by atoms with Crippen molar-refractivity contribution in [1.82, 2.24) is 14.3 Å². The summed E-state index contributed by atoms with van der Waals surface area (Å²) < 4.78 is 25.5. The van der Waals surface area contributed by atoms with Gasteiger partial charge in [-0.2, -0.15) is 0 Å². The monoisotopic (exact) mass is 310 g/mol. The Kier molecular flexibility index (Phi) is 3.45. The second-order valence-electron chi connectivity index (χ2n) is 5.74. The molecule has 2 saturated heterocycles. The molecule has 21 heavy (non-hydrogen) atoms. The van der Waals surface area contributed by atoms with Gasteiger partial charge in [-0.05, 0) is 13.3 Å². The Hall–Kier alpha value is -1.54. The van der Waals surface area contributed by atoms with Crippen molar-refractivity contribution in [3.05, 3.63) is 18.7 Å². The van der Waals surface area contributed by atoms with Gasteiger partial charge in [-0.25, -0.2) is 22.7 Å². The summed E-state index contributed by atoms with van der Waals surface area (Å²) in [6, 6.07) is 0. The van der Waals surface area contributed by atoms with E-state index < -0.39 is 10.0 Å². The van der Waals surface area contributed by atoms with Crippen LogP contribution >= 0.6 is 0 Å². The van der Waals surface area contributed by atoms with E-state index in [0.717, 1.165) is 6.42 Å². The molecule has 8 heteroatoms. The van der Waals surface area contributed by atoms with E-state index in [-0.39, 0.29) is 17.1 Å². The molecule has 0 bridgehead atoms. The fraction of sp³-hybridized carbons (Fsp3) is 0.615. The van der Waals surface area contributed by atoms with E-state index >= 15 is 0 Å². The van der Waals surface area contributed by atoms with Gasteiger partial charge in [-0.1, -0.05) is 0 Å². The Morgan fingerprint density at radius 3 is 2.67 bits per heavy atom. The van der Waals surface area contributed by atoms with Crippen molar-refractivity contribution in [1.29, 1.82) is 0 Å². The molecule has 2 aliphatic heterocycles. The maximum Gasteiger partial charge on any atom is 0.227 e. The molecule has 7 nitrogen and oxygen atoms in total. The van der Waals surface area contributed by atoms with E-state index in [1.54, 1.807) is 24.2 Å². The van der Waals surface area contributed by atoms with Crippen molar-refractivity contribution in [3.8, 4) is 0 Å². The number of carbonyl (C=O) groups is 1. The van der Waals surface area contributed by atoms with Crippen LogP contribution in [0.15, 0.2) is 18.7 Å². The van der Waals surface area contributed by atoms with Gasteiger partial charge in [-0.15, -0.1) is 0 Å². The first-order valence-corrected chi connectivity index (χ1v) is 8.60. The standard InChI is InChI=1S/C13H18N4O3S/c1-2-21(19,20)16-4-3-13(8-16)5-12(18)17(9-13)11-6-14-10-15-7-11/h6-7,10H,2-5,8-9H2,1H3/t13-/m1/s1. The van der Waals surface area contributed by atoms with Crippen LogP contribution in [0.5, 0.6) is 0 Å². The molecule has 1 amide bonds. The van der Waals surface area contributed by atoms with Gasteiger partial charge in [0.15, 0.2) is 0 Å². The number of nitrogens with zero attached hydrogens (tertiary/aromatic N) is 4. The van der Waals surface area contributed by atoms with Crippen molar-refractivity contribution in [3.63, 3.8) is 0 Å². The molecule has 3 rings (SSSR count). The molecule has 0 radical (unpaired) electrons. The molecule has 0 aromatic carbocycles. The minimum absolute atomic E-state index is 0.0144. The minimum atomic E-state index is -3.18. The first kappa shape index (κ1) is 14.4. The van der Waals surface area contributed by atoms with Gasteiger partial charge in [0, 0.05) is 31.5 Å². The Labute approximate surface area is 124 Å². The van der Waals surface area contributed by atoms with Crippen molar-refractivity contribution >= 4 is 21.6 Å². The number of carbonyl (C=O) groups excluding carboxylic acids is 1. The van der Waals surface area contributed by atoms with Gasteiger partial charge < -0.3 is 4.90 Å². The first-order valence-electron chi connectivity index (χ1n) is 6.99. The highest BCUT2D eigenvalue weighted by Gasteiger charge is 2.49. The molecular weight excluding hydrogens is 292 g/mol. The van der Waals surface area contributed by atoms with Crippen molar-refractivity contribution in [2.24, 2.45) is 5.41 Å². The average Bonchev–Trinajstić information content (AvgIpc) is 3.04. The van der Waals surface area contributed by atoms with Crippen molar-refractivity contribution < 1.29 is 13.2 Å². The molecular formula is C13H18N4O3S. The molecule has 1 aromatic heterocycles. The van der Waals surface area contributed by atoms with E-state index in [1.165, 1.54) is 10.6 Å². The van der Waals surface area contributed by atoms with E-state index in [4.69, 9.17) is 0 Å². The van der Waals surface area contributed by atoms with Crippen LogP contribution in [-0.2, 0) is 14.8 Å². The summed E-state index contributed by atoms with van der Waals surface area (Å²) in [5.74, 6) is 0.119. The quantitative estimate of drug-likeness (QED) is 0.799. The number of hydrogen-bond donors (Lipinski definition) is 0. The molecule has 0 aliphatic carbocycles. The van der Waals surface area contributed by atoms with Gasteiger partial charge in [-0.3, -0.25) is 4.79 Å². The lowest BCUT2D eigenvalue weighted by atomic mass is 9.86. The smallest absolute Gasteiger partial charge is 0.227 e. The Bertz CT molecular complexity index is 649. The van der Waals surface area contributed by atoms with Crippen LogP contribution in [0.1, 0.15) is 19.8 Å². The normalized spacial score (nSPS) is 26.9. The van der Waals surface area contributed by atoms with Crippen molar-refractivity contribution in [2.45, 2.75) is 19.8 Å². The zero-order valence-corrected chi connectivity index (χ0v) is 12.7. The molecule has 0 unspecified atom stereocenters. The maximum atomic E-state index is 12.3. The fourth-order valence-electron chi connectivity index (χ4n) is 3.15. The summed E-state index contributed by atoms with van der Waals surface area (Å²) in [4.78, 5) is 21.8. The lowest BCUT2D eigenvalue weighted by Gasteiger charge is -2.23. The van der Waals surface area contributed by atoms with Crippen LogP contribution in [0, 0.1) is 5.41 Å². The lowest BCUT2D eigenvalue weighted by molar-refractivity contribution is -0.117. The van der Waals surface area contributed by atoms with Gasteiger partial charge in [0.25, 0.3) is 0 Å². The topological polar surface area (TPSA) is 83.5 Å². The molecule has 2 aliphatic rings. The second-order valence-corrected chi connectivity index (χ2v) is 8.00. The summed E-state index contributed by atoms with van der Waals surface area (Å²) in [6.07, 6.45) is 5.75. The molecule has 2 fully saturated rings. The Morgan fingerprint density at radius 1 is 1.29 bits per heavy atom. The molecule has 1 atom stereocenters. The highest BCUT2D eigenvalue weighted by Crippen LogP contribution is 2.42. The molecule has 0 saturated carbocycles. The van der Waals surface area contributed by atoms with Gasteiger partial charge in [0.05, 0.1) is 23.8 Å². The molecule has 0 N–H and O–H groups in total. The van der Waals surface area contributed by atoms with Crippen LogP contribution in [0.25, 0.3) is 0 Å². The third-order valence-corrected chi connectivity index (χ3v) is 6.17. The number of aromatic nitrogens is 2. The van der Waals surface area contributed by atoms with Crippen LogP contribution in [0.4, 0.5) is 5.69 Å². The van der Waals surface area contributed by atoms with Gasteiger partial charge in [0.2, 0.25) is 15.9 Å². The number of hydrogen-bond acceptors (Lipinski definition) is 5. The van der Waals surface area contributed by atoms with E-state index in [0.29, 0.717) is 31.7 Å². The SMILES string of the molecule is CCS(=O)(=O)N1CC[C@@]2(CC(=O)N(c3cncnc3)C2)C1. The van der Waals surface area contributed by atoms with Crippen LogP contribution < -0.4 is 4.90 Å². The van der Waals surface area contributed by atoms with Crippen LogP contribution in [-0.4, -0.2) is 54.0 Å². The predicted molar refractivity (Wildman–Crippen MR) is 77.1 cm³/mol. The number of amides is 1. The number of anilines is 1. The summed E-state index contributed by atoms with van der Waals surface area (Å²) >= 11 is 0. The molecule has 1 aromatic rings. The number of rotatable bonds is 3. The maximum absolute atomic E-state index is 12.3. The highest BCUT2D eigenvalue weighted by atomic mass is 32.2. The fourth-order valence-corrected chi connectivity index (χ4v) is 4.35. The zero-order valence-electron chi connectivity index (χ0n) is 11.9.